The van der Waals surface area contributed by atoms with Gasteiger partial charge < -0.3 is 29.2 Å². The molecule has 4 atom stereocenters. The van der Waals surface area contributed by atoms with E-state index in [9.17, 15) is 28.5 Å². The zero-order valence-corrected chi connectivity index (χ0v) is 20.5. The average Bonchev–Trinajstić information content (AvgIpc) is 2.82. The summed E-state index contributed by atoms with van der Waals surface area (Å²) in [5.74, 6) is -0.0439. The monoisotopic (exact) mass is 507 g/mol. The van der Waals surface area contributed by atoms with Crippen LogP contribution in [0.4, 0.5) is 5.69 Å². The fourth-order valence-electron chi connectivity index (χ4n) is 3.68. The summed E-state index contributed by atoms with van der Waals surface area (Å²) in [4.78, 5) is 12.5. The Morgan fingerprint density at radius 2 is 1.66 bits per heavy atom. The number of hydrogen-bond acceptors (Lipinski definition) is 9. The SMILES string of the molecule is COC(C(C)C)C(O)C(O)C(O)Oc1ccc2cc(NS(=O)(=O)c3ccccc3)c(=O)oc2c1C. The van der Waals surface area contributed by atoms with E-state index >= 15 is 0 Å². The van der Waals surface area contributed by atoms with Crippen molar-refractivity contribution in [2.24, 2.45) is 5.92 Å². The van der Waals surface area contributed by atoms with Gasteiger partial charge in [-0.3, -0.25) is 4.72 Å². The van der Waals surface area contributed by atoms with Gasteiger partial charge in [0, 0.05) is 18.1 Å². The number of hydrogen-bond donors (Lipinski definition) is 4. The van der Waals surface area contributed by atoms with E-state index < -0.39 is 40.3 Å². The number of nitrogens with one attached hydrogen (secondary N) is 1. The molecule has 2 aromatic carbocycles. The fraction of sp³-hybridized carbons (Fsp3) is 0.375. The predicted octanol–water partition coefficient (Wildman–Crippen LogP) is 1.99. The van der Waals surface area contributed by atoms with Crippen LogP contribution in [0.2, 0.25) is 0 Å². The number of aryl methyl sites for hydroxylation is 1. The van der Waals surface area contributed by atoms with Crippen LogP contribution in [0, 0.1) is 12.8 Å². The third kappa shape index (κ3) is 5.82. The van der Waals surface area contributed by atoms with Gasteiger partial charge in [0.1, 0.15) is 29.2 Å². The van der Waals surface area contributed by atoms with Crippen LogP contribution in [0.1, 0.15) is 19.4 Å². The van der Waals surface area contributed by atoms with Crippen LogP contribution in [0.5, 0.6) is 5.75 Å². The molecule has 3 aromatic rings. The Morgan fingerprint density at radius 3 is 2.26 bits per heavy atom. The molecule has 11 heteroatoms. The average molecular weight is 508 g/mol. The summed E-state index contributed by atoms with van der Waals surface area (Å²) in [5, 5.41) is 31.4. The molecular formula is C24H29NO9S. The molecule has 10 nitrogen and oxygen atoms in total. The van der Waals surface area contributed by atoms with E-state index in [0.717, 1.165) is 0 Å². The van der Waals surface area contributed by atoms with Crippen molar-refractivity contribution < 1.29 is 37.6 Å². The van der Waals surface area contributed by atoms with E-state index in [1.165, 1.54) is 37.4 Å². The van der Waals surface area contributed by atoms with Crippen LogP contribution < -0.4 is 15.1 Å². The van der Waals surface area contributed by atoms with Crippen LogP contribution >= 0.6 is 0 Å². The number of sulfonamides is 1. The van der Waals surface area contributed by atoms with Gasteiger partial charge in [-0.15, -0.1) is 0 Å². The van der Waals surface area contributed by atoms with Crippen LogP contribution in [-0.4, -0.2) is 55.4 Å². The minimum atomic E-state index is -4.00. The molecule has 0 aliphatic carbocycles. The van der Waals surface area contributed by atoms with Crippen molar-refractivity contribution in [1.82, 2.24) is 0 Å². The number of fused-ring (bicyclic) bond motifs is 1. The Labute approximate surface area is 202 Å². The minimum absolute atomic E-state index is 0.0117. The van der Waals surface area contributed by atoms with Gasteiger partial charge in [0.2, 0.25) is 6.29 Å². The van der Waals surface area contributed by atoms with Crippen molar-refractivity contribution in [1.29, 1.82) is 0 Å². The van der Waals surface area contributed by atoms with Gasteiger partial charge in [-0.2, -0.15) is 0 Å². The molecule has 0 fully saturated rings. The van der Waals surface area contributed by atoms with Gasteiger partial charge in [0.15, 0.2) is 0 Å². The smallest absolute Gasteiger partial charge is 0.360 e. The lowest BCUT2D eigenvalue weighted by molar-refractivity contribution is -0.175. The molecule has 1 aromatic heterocycles. The zero-order chi connectivity index (χ0) is 25.9. The number of benzene rings is 2. The Morgan fingerprint density at radius 1 is 1.00 bits per heavy atom. The van der Waals surface area contributed by atoms with E-state index in [0.29, 0.717) is 10.9 Å². The maximum absolute atomic E-state index is 12.6. The van der Waals surface area contributed by atoms with Crippen LogP contribution in [-0.2, 0) is 14.8 Å². The topological polar surface area (TPSA) is 156 Å². The Bertz CT molecular complexity index is 1320. The fourth-order valence-corrected chi connectivity index (χ4v) is 4.74. The molecular weight excluding hydrogens is 478 g/mol. The molecule has 0 aliphatic rings. The third-order valence-corrected chi connectivity index (χ3v) is 6.94. The maximum atomic E-state index is 12.6. The van der Waals surface area contributed by atoms with E-state index in [1.807, 2.05) is 0 Å². The summed E-state index contributed by atoms with van der Waals surface area (Å²) in [5.41, 5.74) is -0.764. The van der Waals surface area contributed by atoms with Crippen molar-refractivity contribution in [3.63, 3.8) is 0 Å². The summed E-state index contributed by atoms with van der Waals surface area (Å²) in [6.07, 6.45) is -5.65. The molecule has 0 saturated carbocycles. The van der Waals surface area contributed by atoms with Crippen molar-refractivity contribution in [3.8, 4) is 5.75 Å². The molecule has 3 rings (SSSR count). The Balaban J connectivity index is 1.86. The van der Waals surface area contributed by atoms with Crippen molar-refractivity contribution in [3.05, 3.63) is 64.5 Å². The lowest BCUT2D eigenvalue weighted by atomic mass is 9.97. The highest BCUT2D eigenvalue weighted by molar-refractivity contribution is 7.92. The Hall–Kier alpha value is -2.96. The van der Waals surface area contributed by atoms with Gasteiger partial charge >= 0.3 is 5.63 Å². The van der Waals surface area contributed by atoms with Crippen molar-refractivity contribution >= 4 is 26.7 Å². The van der Waals surface area contributed by atoms with Crippen LogP contribution in [0.3, 0.4) is 0 Å². The number of anilines is 1. The molecule has 1 heterocycles. The van der Waals surface area contributed by atoms with E-state index in [1.54, 1.807) is 39.0 Å². The highest BCUT2D eigenvalue weighted by Crippen LogP contribution is 2.29. The van der Waals surface area contributed by atoms with E-state index in [-0.39, 0.29) is 27.8 Å². The maximum Gasteiger partial charge on any atom is 0.360 e. The molecule has 0 bridgehead atoms. The van der Waals surface area contributed by atoms with Gasteiger partial charge in [-0.25, -0.2) is 13.2 Å². The second kappa shape index (κ2) is 10.8. The lowest BCUT2D eigenvalue weighted by Gasteiger charge is -2.31. The molecule has 190 valence electrons. The number of methoxy groups -OCH3 is 1. The second-order valence-corrected chi connectivity index (χ2v) is 10.1. The highest BCUT2D eigenvalue weighted by Gasteiger charge is 2.34. The summed E-state index contributed by atoms with van der Waals surface area (Å²) in [6.45, 7) is 5.15. The normalized spacial score (nSPS) is 15.5. The van der Waals surface area contributed by atoms with Crippen LogP contribution in [0.15, 0.2) is 62.6 Å². The Kier molecular flexibility index (Phi) is 8.18. The van der Waals surface area contributed by atoms with Crippen molar-refractivity contribution in [2.75, 3.05) is 11.8 Å². The zero-order valence-electron chi connectivity index (χ0n) is 19.7. The predicted molar refractivity (Wildman–Crippen MR) is 129 cm³/mol. The van der Waals surface area contributed by atoms with Gasteiger partial charge in [-0.1, -0.05) is 32.0 Å². The summed E-state index contributed by atoms with van der Waals surface area (Å²) in [6, 6.07) is 11.9. The number of aliphatic hydroxyl groups excluding tert-OH is 3. The molecule has 35 heavy (non-hydrogen) atoms. The van der Waals surface area contributed by atoms with Gasteiger partial charge in [0.25, 0.3) is 10.0 Å². The van der Waals surface area contributed by atoms with Gasteiger partial charge in [0.05, 0.1) is 11.0 Å². The second-order valence-electron chi connectivity index (χ2n) is 8.41. The van der Waals surface area contributed by atoms with Crippen LogP contribution in [0.25, 0.3) is 11.0 Å². The molecule has 0 aliphatic heterocycles. The first-order valence-corrected chi connectivity index (χ1v) is 12.3. The van der Waals surface area contributed by atoms with Gasteiger partial charge in [-0.05, 0) is 43.2 Å². The lowest BCUT2D eigenvalue weighted by Crippen LogP contribution is -2.49. The summed E-state index contributed by atoms with van der Waals surface area (Å²) < 4.78 is 43.3. The molecule has 0 amide bonds. The molecule has 0 radical (unpaired) electrons. The highest BCUT2D eigenvalue weighted by atomic mass is 32.2. The molecule has 0 spiro atoms. The molecule has 4 N–H and O–H groups in total. The van der Waals surface area contributed by atoms with E-state index in [4.69, 9.17) is 13.9 Å². The summed E-state index contributed by atoms with van der Waals surface area (Å²) in [7, 11) is -2.61. The quantitative estimate of drug-likeness (QED) is 0.238. The molecule has 4 unspecified atom stereocenters. The minimum Gasteiger partial charge on any atom is -0.462 e. The number of ether oxygens (including phenoxy) is 2. The number of rotatable bonds is 10. The van der Waals surface area contributed by atoms with E-state index in [2.05, 4.69) is 4.72 Å². The van der Waals surface area contributed by atoms with Crippen molar-refractivity contribution in [2.45, 2.75) is 50.3 Å². The number of aliphatic hydroxyl groups is 3. The summed E-state index contributed by atoms with van der Waals surface area (Å²) >= 11 is 0. The standard InChI is InChI=1S/C24H29NO9S/c1-13(2)21(32-4)19(26)20(27)24(29)33-18-11-10-15-12-17(23(28)34-22(15)14(18)3)25-35(30,31)16-8-6-5-7-9-16/h5-13,19-21,24-27,29H,1-4H3. The first-order valence-electron chi connectivity index (χ1n) is 10.8. The molecule has 0 saturated heterocycles. The third-order valence-electron chi connectivity index (χ3n) is 5.55. The first kappa shape index (κ1) is 26.6. The largest absolute Gasteiger partial charge is 0.462 e. The first-order chi connectivity index (χ1) is 16.5.